The van der Waals surface area contributed by atoms with E-state index in [1.165, 1.54) is 5.56 Å². The lowest BCUT2D eigenvalue weighted by Gasteiger charge is -1.86. The summed E-state index contributed by atoms with van der Waals surface area (Å²) >= 11 is 0. The Kier molecular flexibility index (Phi) is 1.24. The number of ether oxygens (including phenoxy) is 1. The SMILES string of the molecule is Cn1cc(CC2CO2)cn1. The molecule has 1 atom stereocenters. The van der Waals surface area contributed by atoms with Gasteiger partial charge in [0.05, 0.1) is 18.9 Å². The van der Waals surface area contributed by atoms with Gasteiger partial charge in [-0.25, -0.2) is 0 Å². The smallest absolute Gasteiger partial charge is 0.0851 e. The molecule has 0 saturated carbocycles. The molecule has 1 unspecified atom stereocenters. The van der Waals surface area contributed by atoms with Gasteiger partial charge in [-0.1, -0.05) is 0 Å². The molecule has 3 nitrogen and oxygen atoms in total. The third kappa shape index (κ3) is 1.19. The molecule has 2 heterocycles. The Hall–Kier alpha value is -0.830. The van der Waals surface area contributed by atoms with Crippen molar-refractivity contribution in [3.63, 3.8) is 0 Å². The molecule has 0 aromatic carbocycles. The number of aromatic nitrogens is 2. The van der Waals surface area contributed by atoms with Crippen LogP contribution in [0.5, 0.6) is 0 Å². The third-order valence-corrected chi connectivity index (χ3v) is 1.62. The normalized spacial score (nSPS) is 23.1. The van der Waals surface area contributed by atoms with Crippen LogP contribution in [-0.4, -0.2) is 22.5 Å². The van der Waals surface area contributed by atoms with Crippen molar-refractivity contribution in [2.45, 2.75) is 12.5 Å². The van der Waals surface area contributed by atoms with E-state index in [-0.39, 0.29) is 0 Å². The Balaban J connectivity index is 2.03. The molecule has 54 valence electrons. The van der Waals surface area contributed by atoms with Gasteiger partial charge in [0.25, 0.3) is 0 Å². The first-order valence-corrected chi connectivity index (χ1v) is 3.44. The molecule has 0 aliphatic carbocycles. The van der Waals surface area contributed by atoms with E-state index in [9.17, 15) is 0 Å². The van der Waals surface area contributed by atoms with Crippen molar-refractivity contribution in [1.29, 1.82) is 0 Å². The van der Waals surface area contributed by atoms with Gasteiger partial charge in [0.15, 0.2) is 0 Å². The van der Waals surface area contributed by atoms with Crippen LogP contribution < -0.4 is 0 Å². The summed E-state index contributed by atoms with van der Waals surface area (Å²) in [6, 6.07) is 0. The van der Waals surface area contributed by atoms with Crippen LogP contribution >= 0.6 is 0 Å². The molecule has 0 bridgehead atoms. The zero-order chi connectivity index (χ0) is 6.97. The van der Waals surface area contributed by atoms with Gasteiger partial charge in [-0.05, 0) is 5.56 Å². The predicted molar refractivity (Wildman–Crippen MR) is 36.7 cm³/mol. The maximum Gasteiger partial charge on any atom is 0.0851 e. The Morgan fingerprint density at radius 2 is 2.70 bits per heavy atom. The van der Waals surface area contributed by atoms with Gasteiger partial charge in [-0.15, -0.1) is 0 Å². The van der Waals surface area contributed by atoms with Crippen molar-refractivity contribution in [3.8, 4) is 0 Å². The fourth-order valence-electron chi connectivity index (χ4n) is 1.03. The Morgan fingerprint density at radius 3 is 3.20 bits per heavy atom. The molecule has 10 heavy (non-hydrogen) atoms. The van der Waals surface area contributed by atoms with E-state index in [1.807, 2.05) is 24.1 Å². The molecule has 3 heteroatoms. The highest BCUT2D eigenvalue weighted by Crippen LogP contribution is 2.14. The molecule has 2 rings (SSSR count). The van der Waals surface area contributed by atoms with E-state index in [0.717, 1.165) is 13.0 Å². The number of hydrogen-bond acceptors (Lipinski definition) is 2. The van der Waals surface area contributed by atoms with Gasteiger partial charge in [0.2, 0.25) is 0 Å². The molecule has 1 aromatic rings. The largest absolute Gasteiger partial charge is 0.373 e. The number of aryl methyl sites for hydroxylation is 1. The summed E-state index contributed by atoms with van der Waals surface area (Å²) in [6.45, 7) is 0.925. The Bertz CT molecular complexity index is 227. The lowest BCUT2D eigenvalue weighted by molar-refractivity contribution is 0.407. The van der Waals surface area contributed by atoms with E-state index >= 15 is 0 Å². The van der Waals surface area contributed by atoms with Gasteiger partial charge in [-0.3, -0.25) is 4.68 Å². The van der Waals surface area contributed by atoms with Gasteiger partial charge in [-0.2, -0.15) is 5.10 Å². The highest BCUT2D eigenvalue weighted by molar-refractivity contribution is 5.06. The molecule has 1 fully saturated rings. The molecule has 0 radical (unpaired) electrons. The first-order chi connectivity index (χ1) is 4.84. The maximum absolute atomic E-state index is 5.08. The van der Waals surface area contributed by atoms with E-state index in [1.54, 1.807) is 0 Å². The minimum atomic E-state index is 0.476. The molecule has 0 N–H and O–H groups in total. The van der Waals surface area contributed by atoms with Gasteiger partial charge >= 0.3 is 0 Å². The minimum absolute atomic E-state index is 0.476. The van der Waals surface area contributed by atoms with Crippen LogP contribution in [0.1, 0.15) is 5.56 Å². The van der Waals surface area contributed by atoms with Crippen LogP contribution in [0.2, 0.25) is 0 Å². The minimum Gasteiger partial charge on any atom is -0.373 e. The van der Waals surface area contributed by atoms with Crippen molar-refractivity contribution in [3.05, 3.63) is 18.0 Å². The average molecular weight is 138 g/mol. The van der Waals surface area contributed by atoms with Gasteiger partial charge in [0.1, 0.15) is 0 Å². The molecular formula is C7H10N2O. The molecule has 1 aliphatic rings. The highest BCUT2D eigenvalue weighted by atomic mass is 16.6. The second-order valence-corrected chi connectivity index (χ2v) is 2.68. The summed E-state index contributed by atoms with van der Waals surface area (Å²) in [5.41, 5.74) is 1.27. The van der Waals surface area contributed by atoms with Crippen LogP contribution in [0, 0.1) is 0 Å². The first kappa shape index (κ1) is 5.92. The second-order valence-electron chi connectivity index (χ2n) is 2.68. The summed E-state index contributed by atoms with van der Waals surface area (Å²) in [5, 5.41) is 4.06. The molecular weight excluding hydrogens is 128 g/mol. The topological polar surface area (TPSA) is 30.4 Å². The van der Waals surface area contributed by atoms with E-state index < -0.39 is 0 Å². The van der Waals surface area contributed by atoms with Crippen LogP contribution in [0.15, 0.2) is 12.4 Å². The van der Waals surface area contributed by atoms with Gasteiger partial charge in [0, 0.05) is 19.7 Å². The standard InChI is InChI=1S/C7H10N2O/c1-9-4-6(3-8-9)2-7-5-10-7/h3-4,7H,2,5H2,1H3. The molecule has 1 aliphatic heterocycles. The summed E-state index contributed by atoms with van der Waals surface area (Å²) in [7, 11) is 1.93. The summed E-state index contributed by atoms with van der Waals surface area (Å²) < 4.78 is 6.90. The quantitative estimate of drug-likeness (QED) is 0.552. The highest BCUT2D eigenvalue weighted by Gasteiger charge is 2.22. The van der Waals surface area contributed by atoms with Crippen LogP contribution in [0.25, 0.3) is 0 Å². The molecule has 0 amide bonds. The Morgan fingerprint density at radius 1 is 1.90 bits per heavy atom. The zero-order valence-electron chi connectivity index (χ0n) is 5.95. The first-order valence-electron chi connectivity index (χ1n) is 3.44. The van der Waals surface area contributed by atoms with E-state index in [4.69, 9.17) is 4.74 Å². The van der Waals surface area contributed by atoms with E-state index in [2.05, 4.69) is 5.10 Å². The van der Waals surface area contributed by atoms with Gasteiger partial charge < -0.3 is 4.74 Å². The average Bonchev–Trinajstić information content (AvgIpc) is 2.59. The fourth-order valence-corrected chi connectivity index (χ4v) is 1.03. The summed E-state index contributed by atoms with van der Waals surface area (Å²) in [4.78, 5) is 0. The molecule has 1 aromatic heterocycles. The van der Waals surface area contributed by atoms with Crippen molar-refractivity contribution in [2.75, 3.05) is 6.61 Å². The molecule has 0 spiro atoms. The van der Waals surface area contributed by atoms with Crippen LogP contribution in [-0.2, 0) is 18.2 Å². The van der Waals surface area contributed by atoms with Crippen molar-refractivity contribution < 1.29 is 4.74 Å². The van der Waals surface area contributed by atoms with Crippen molar-refractivity contribution in [2.24, 2.45) is 7.05 Å². The van der Waals surface area contributed by atoms with E-state index in [0.29, 0.717) is 6.10 Å². The Labute approximate surface area is 59.6 Å². The van der Waals surface area contributed by atoms with Crippen LogP contribution in [0.3, 0.4) is 0 Å². The predicted octanol–water partition coefficient (Wildman–Crippen LogP) is 0.361. The van der Waals surface area contributed by atoms with Crippen molar-refractivity contribution in [1.82, 2.24) is 9.78 Å². The second kappa shape index (κ2) is 2.09. The lowest BCUT2D eigenvalue weighted by Crippen LogP contribution is -1.90. The number of rotatable bonds is 2. The van der Waals surface area contributed by atoms with Crippen molar-refractivity contribution >= 4 is 0 Å². The maximum atomic E-state index is 5.08. The number of nitrogens with zero attached hydrogens (tertiary/aromatic N) is 2. The monoisotopic (exact) mass is 138 g/mol. The third-order valence-electron chi connectivity index (χ3n) is 1.62. The number of epoxide rings is 1. The zero-order valence-corrected chi connectivity index (χ0v) is 5.95. The fraction of sp³-hybridized carbons (Fsp3) is 0.571. The number of hydrogen-bond donors (Lipinski definition) is 0. The summed E-state index contributed by atoms with van der Waals surface area (Å²) in [6.07, 6.45) is 5.42. The van der Waals surface area contributed by atoms with Crippen LogP contribution in [0.4, 0.5) is 0 Å². The summed E-state index contributed by atoms with van der Waals surface area (Å²) in [5.74, 6) is 0. The molecule has 1 saturated heterocycles. The lowest BCUT2D eigenvalue weighted by atomic mass is 10.2.